The summed E-state index contributed by atoms with van der Waals surface area (Å²) in [5.74, 6) is -0.429. The van der Waals surface area contributed by atoms with E-state index in [9.17, 15) is 9.59 Å². The van der Waals surface area contributed by atoms with Gasteiger partial charge in [0, 0.05) is 22.0 Å². The standard InChI is InChI=1S/C19H16ClN5O2S/c20-13-5-6-16-15(7-13)24-19(27)17(28-16)8-18(26)23-14-4-2-1-3-12(14)9-25-11-21-10-22-25/h1-7,10-11,17H,8-9H2,(H,23,26)(H,24,27). The molecular formula is C19H16ClN5O2S. The predicted octanol–water partition coefficient (Wildman–Crippen LogP) is 3.42. The number of halogens is 1. The van der Waals surface area contributed by atoms with E-state index in [4.69, 9.17) is 11.6 Å². The fraction of sp³-hybridized carbons (Fsp3) is 0.158. The number of nitrogens with one attached hydrogen (secondary N) is 2. The van der Waals surface area contributed by atoms with Gasteiger partial charge in [0.05, 0.1) is 17.5 Å². The number of thioether (sulfide) groups is 1. The Morgan fingerprint density at radius 2 is 2.14 bits per heavy atom. The minimum Gasteiger partial charge on any atom is -0.326 e. The van der Waals surface area contributed by atoms with Crippen molar-refractivity contribution in [2.24, 2.45) is 0 Å². The third-order valence-electron chi connectivity index (χ3n) is 4.22. The highest BCUT2D eigenvalue weighted by Gasteiger charge is 2.29. The molecule has 1 aliphatic heterocycles. The first kappa shape index (κ1) is 18.5. The summed E-state index contributed by atoms with van der Waals surface area (Å²) in [5.41, 5.74) is 2.27. The van der Waals surface area contributed by atoms with Crippen LogP contribution in [-0.2, 0) is 16.1 Å². The van der Waals surface area contributed by atoms with E-state index in [1.54, 1.807) is 23.1 Å². The van der Waals surface area contributed by atoms with E-state index >= 15 is 0 Å². The van der Waals surface area contributed by atoms with Crippen molar-refractivity contribution in [1.82, 2.24) is 14.8 Å². The van der Waals surface area contributed by atoms with Crippen LogP contribution in [0.2, 0.25) is 5.02 Å². The van der Waals surface area contributed by atoms with Crippen molar-refractivity contribution in [1.29, 1.82) is 0 Å². The number of amides is 2. The number of para-hydroxylation sites is 1. The molecule has 1 aliphatic rings. The van der Waals surface area contributed by atoms with Crippen LogP contribution in [-0.4, -0.2) is 31.8 Å². The van der Waals surface area contributed by atoms with Crippen LogP contribution in [0.4, 0.5) is 11.4 Å². The lowest BCUT2D eigenvalue weighted by Gasteiger charge is -2.24. The van der Waals surface area contributed by atoms with Gasteiger partial charge in [0.1, 0.15) is 12.7 Å². The quantitative estimate of drug-likeness (QED) is 0.669. The van der Waals surface area contributed by atoms with E-state index in [-0.39, 0.29) is 18.2 Å². The number of anilines is 2. The van der Waals surface area contributed by atoms with Gasteiger partial charge >= 0.3 is 0 Å². The van der Waals surface area contributed by atoms with Crippen LogP contribution in [0.15, 0.2) is 60.0 Å². The Morgan fingerprint density at radius 1 is 1.29 bits per heavy atom. The Hall–Kier alpha value is -2.84. The Kier molecular flexibility index (Phi) is 5.31. The first-order valence-electron chi connectivity index (χ1n) is 8.56. The van der Waals surface area contributed by atoms with E-state index in [2.05, 4.69) is 20.7 Å². The molecule has 0 radical (unpaired) electrons. The molecule has 142 valence electrons. The molecule has 0 saturated carbocycles. The molecule has 0 saturated heterocycles. The summed E-state index contributed by atoms with van der Waals surface area (Å²) in [5, 5.41) is 9.87. The smallest absolute Gasteiger partial charge is 0.238 e. The fourth-order valence-corrected chi connectivity index (χ4v) is 4.16. The first-order valence-corrected chi connectivity index (χ1v) is 9.81. The number of carbonyl (C=O) groups excluding carboxylic acids is 2. The second kappa shape index (κ2) is 8.04. The second-order valence-electron chi connectivity index (χ2n) is 6.24. The monoisotopic (exact) mass is 413 g/mol. The molecule has 0 aliphatic carbocycles. The van der Waals surface area contributed by atoms with Gasteiger partial charge in [0.25, 0.3) is 0 Å². The van der Waals surface area contributed by atoms with E-state index < -0.39 is 5.25 Å². The highest BCUT2D eigenvalue weighted by molar-refractivity contribution is 8.01. The fourth-order valence-electron chi connectivity index (χ4n) is 2.90. The molecule has 2 N–H and O–H groups in total. The molecule has 2 amide bonds. The van der Waals surface area contributed by atoms with Crippen molar-refractivity contribution < 1.29 is 9.59 Å². The Morgan fingerprint density at radius 3 is 2.96 bits per heavy atom. The first-order chi connectivity index (χ1) is 13.6. The van der Waals surface area contributed by atoms with Gasteiger partial charge in [0.2, 0.25) is 11.8 Å². The van der Waals surface area contributed by atoms with Gasteiger partial charge in [-0.05, 0) is 29.8 Å². The molecular weight excluding hydrogens is 398 g/mol. The SMILES string of the molecule is O=C(CC1Sc2ccc(Cl)cc2NC1=O)Nc1ccccc1Cn1cncn1. The molecule has 7 nitrogen and oxygen atoms in total. The van der Waals surface area contributed by atoms with Crippen molar-refractivity contribution in [2.75, 3.05) is 10.6 Å². The number of rotatable bonds is 5. The molecule has 2 heterocycles. The number of benzene rings is 2. The van der Waals surface area contributed by atoms with E-state index in [0.29, 0.717) is 22.9 Å². The average molecular weight is 414 g/mol. The molecule has 1 atom stereocenters. The van der Waals surface area contributed by atoms with Crippen molar-refractivity contribution in [2.45, 2.75) is 23.1 Å². The van der Waals surface area contributed by atoms with Crippen molar-refractivity contribution >= 4 is 46.6 Å². The lowest BCUT2D eigenvalue weighted by Crippen LogP contribution is -2.32. The molecule has 9 heteroatoms. The number of nitrogens with zero attached hydrogens (tertiary/aromatic N) is 3. The van der Waals surface area contributed by atoms with E-state index in [1.807, 2.05) is 30.3 Å². The number of fused-ring (bicyclic) bond motifs is 1. The third-order valence-corrected chi connectivity index (χ3v) is 5.73. The van der Waals surface area contributed by atoms with Crippen molar-refractivity contribution in [3.63, 3.8) is 0 Å². The van der Waals surface area contributed by atoms with Crippen LogP contribution >= 0.6 is 23.4 Å². The maximum absolute atomic E-state index is 12.6. The Balaban J connectivity index is 1.44. The molecule has 0 fully saturated rings. The minimum absolute atomic E-state index is 0.0657. The predicted molar refractivity (Wildman–Crippen MR) is 109 cm³/mol. The topological polar surface area (TPSA) is 88.9 Å². The van der Waals surface area contributed by atoms with E-state index in [0.717, 1.165) is 10.5 Å². The molecule has 2 aromatic carbocycles. The number of hydrogen-bond acceptors (Lipinski definition) is 5. The third kappa shape index (κ3) is 4.18. The zero-order valence-electron chi connectivity index (χ0n) is 14.6. The minimum atomic E-state index is -0.504. The number of aromatic nitrogens is 3. The Bertz CT molecular complexity index is 1020. The average Bonchev–Trinajstić information content (AvgIpc) is 3.17. The Labute approximate surface area is 170 Å². The van der Waals surface area contributed by atoms with Gasteiger partial charge in [0.15, 0.2) is 0 Å². The number of hydrogen-bond donors (Lipinski definition) is 2. The molecule has 0 spiro atoms. The maximum Gasteiger partial charge on any atom is 0.238 e. The van der Waals surface area contributed by atoms with Gasteiger partial charge in [-0.25, -0.2) is 9.67 Å². The van der Waals surface area contributed by atoms with Gasteiger partial charge in [-0.1, -0.05) is 29.8 Å². The summed E-state index contributed by atoms with van der Waals surface area (Å²) in [7, 11) is 0. The lowest BCUT2D eigenvalue weighted by molar-refractivity contribution is -0.120. The maximum atomic E-state index is 12.6. The highest BCUT2D eigenvalue weighted by atomic mass is 35.5. The van der Waals surface area contributed by atoms with Crippen LogP contribution in [0, 0.1) is 0 Å². The summed E-state index contributed by atoms with van der Waals surface area (Å²) in [6, 6.07) is 12.8. The van der Waals surface area contributed by atoms with Gasteiger partial charge in [-0.3, -0.25) is 9.59 Å². The van der Waals surface area contributed by atoms with Crippen LogP contribution < -0.4 is 10.6 Å². The van der Waals surface area contributed by atoms with Gasteiger partial charge in [-0.15, -0.1) is 11.8 Å². The summed E-state index contributed by atoms with van der Waals surface area (Å²) >= 11 is 7.33. The van der Waals surface area contributed by atoms with Crippen LogP contribution in [0.1, 0.15) is 12.0 Å². The highest BCUT2D eigenvalue weighted by Crippen LogP contribution is 2.38. The van der Waals surface area contributed by atoms with E-state index in [1.165, 1.54) is 18.1 Å². The molecule has 28 heavy (non-hydrogen) atoms. The van der Waals surface area contributed by atoms with Crippen LogP contribution in [0.3, 0.4) is 0 Å². The summed E-state index contributed by atoms with van der Waals surface area (Å²) in [6.45, 7) is 0.489. The normalized spacial score (nSPS) is 15.6. The van der Waals surface area contributed by atoms with Crippen LogP contribution in [0.25, 0.3) is 0 Å². The van der Waals surface area contributed by atoms with Gasteiger partial charge < -0.3 is 10.6 Å². The summed E-state index contributed by atoms with van der Waals surface area (Å²) in [6.07, 6.45) is 3.15. The summed E-state index contributed by atoms with van der Waals surface area (Å²) in [4.78, 5) is 29.8. The number of carbonyl (C=O) groups is 2. The molecule has 1 aromatic heterocycles. The van der Waals surface area contributed by atoms with Crippen molar-refractivity contribution in [3.05, 3.63) is 65.7 Å². The van der Waals surface area contributed by atoms with Gasteiger partial charge in [-0.2, -0.15) is 5.10 Å². The zero-order valence-corrected chi connectivity index (χ0v) is 16.2. The summed E-state index contributed by atoms with van der Waals surface area (Å²) < 4.78 is 1.68. The molecule has 4 rings (SSSR count). The van der Waals surface area contributed by atoms with Crippen LogP contribution in [0.5, 0.6) is 0 Å². The zero-order chi connectivity index (χ0) is 19.5. The molecule has 0 bridgehead atoms. The lowest BCUT2D eigenvalue weighted by atomic mass is 10.1. The van der Waals surface area contributed by atoms with Crippen molar-refractivity contribution in [3.8, 4) is 0 Å². The largest absolute Gasteiger partial charge is 0.326 e. The second-order valence-corrected chi connectivity index (χ2v) is 7.92. The molecule has 3 aromatic rings. The molecule has 1 unspecified atom stereocenters.